The average molecular weight is 229 g/mol. The summed E-state index contributed by atoms with van der Waals surface area (Å²) in [5.74, 6) is 1.16. The van der Waals surface area contributed by atoms with Crippen LogP contribution in [0.2, 0.25) is 0 Å². The predicted octanol–water partition coefficient (Wildman–Crippen LogP) is 3.08. The van der Waals surface area contributed by atoms with Crippen LogP contribution in [0.15, 0.2) is 60.1 Å². The van der Waals surface area contributed by atoms with E-state index in [1.807, 2.05) is 31.2 Å². The monoisotopic (exact) mass is 229 g/mol. The van der Waals surface area contributed by atoms with Crippen molar-refractivity contribution in [2.24, 2.45) is 0 Å². The van der Waals surface area contributed by atoms with Gasteiger partial charge >= 0.3 is 0 Å². The molecule has 0 atom stereocenters. The molecule has 0 saturated heterocycles. The lowest BCUT2D eigenvalue weighted by molar-refractivity contribution is -0.102. The lowest BCUT2D eigenvalue weighted by Gasteiger charge is -2.08. The Balaban J connectivity index is 2.82. The number of carbonyl (C=O) groups excluding carboxylic acids is 1. The van der Waals surface area contributed by atoms with Crippen molar-refractivity contribution < 1.29 is 9.53 Å². The smallest absolute Gasteiger partial charge is 0.167 e. The first kappa shape index (κ1) is 12.9. The molecule has 0 radical (unpaired) electrons. The third kappa shape index (κ3) is 4.47. The molecule has 0 unspecified atom stereocenters. The van der Waals surface area contributed by atoms with Gasteiger partial charge in [-0.2, -0.15) is 0 Å². The number of aldehydes is 1. The zero-order valence-electron chi connectivity index (χ0n) is 9.77. The van der Waals surface area contributed by atoms with Gasteiger partial charge in [0, 0.05) is 12.5 Å². The maximum atomic E-state index is 10.4. The Morgan fingerprint density at radius 2 is 2.35 bits per heavy atom. The Hall–Kier alpha value is -2.16. The summed E-state index contributed by atoms with van der Waals surface area (Å²) in [6, 6.07) is 0. The van der Waals surface area contributed by atoms with E-state index in [1.165, 1.54) is 12.2 Å². The standard InChI is InChI=1S/C14H15NO2/c1-3-13(9-12(15)10-16)17-14-7-5-4-6-11(2)8-14/h3-6,8-10,15H,1,7H2,2H3/b13-9+,15-12?. The van der Waals surface area contributed by atoms with Crippen molar-refractivity contribution in [2.45, 2.75) is 13.3 Å². The molecule has 3 heteroatoms. The highest BCUT2D eigenvalue weighted by molar-refractivity contribution is 6.32. The van der Waals surface area contributed by atoms with Crippen LogP contribution in [0.3, 0.4) is 0 Å². The Labute approximate surface area is 101 Å². The molecule has 1 aliphatic rings. The molecule has 3 nitrogen and oxygen atoms in total. The molecule has 0 aliphatic heterocycles. The molecule has 0 aromatic heterocycles. The fourth-order valence-corrected chi connectivity index (χ4v) is 1.30. The highest BCUT2D eigenvalue weighted by Crippen LogP contribution is 2.17. The lowest BCUT2D eigenvalue weighted by atomic mass is 10.2. The molecule has 17 heavy (non-hydrogen) atoms. The Kier molecular flexibility index (Phi) is 4.88. The van der Waals surface area contributed by atoms with Gasteiger partial charge in [-0.25, -0.2) is 0 Å². The van der Waals surface area contributed by atoms with E-state index < -0.39 is 0 Å². The molecule has 88 valence electrons. The molecular weight excluding hydrogens is 214 g/mol. The number of ether oxygens (including phenoxy) is 1. The fraction of sp³-hybridized carbons (Fsp3) is 0.143. The molecule has 0 amide bonds. The van der Waals surface area contributed by atoms with Crippen LogP contribution in [0.4, 0.5) is 0 Å². The third-order valence-corrected chi connectivity index (χ3v) is 2.08. The SMILES string of the molecule is C=C/C(=C\C(=N)C=O)OC1=CC(C)=CC=CC1. The van der Waals surface area contributed by atoms with Crippen LogP contribution < -0.4 is 0 Å². The molecule has 0 saturated carbocycles. The normalized spacial score (nSPS) is 15.5. The van der Waals surface area contributed by atoms with E-state index in [1.54, 1.807) is 0 Å². The third-order valence-electron chi connectivity index (χ3n) is 2.08. The van der Waals surface area contributed by atoms with Crippen molar-refractivity contribution >= 4 is 12.0 Å². The Bertz CT molecular complexity index is 451. The van der Waals surface area contributed by atoms with Gasteiger partial charge in [0.15, 0.2) is 6.29 Å². The van der Waals surface area contributed by atoms with E-state index >= 15 is 0 Å². The van der Waals surface area contributed by atoms with Gasteiger partial charge in [0.1, 0.15) is 11.5 Å². The summed E-state index contributed by atoms with van der Waals surface area (Å²) in [4.78, 5) is 10.4. The summed E-state index contributed by atoms with van der Waals surface area (Å²) < 4.78 is 5.58. The largest absolute Gasteiger partial charge is 0.461 e. The molecule has 1 aliphatic carbocycles. The Morgan fingerprint density at radius 3 is 3.00 bits per heavy atom. The van der Waals surface area contributed by atoms with Crippen molar-refractivity contribution in [3.63, 3.8) is 0 Å². The quantitative estimate of drug-likeness (QED) is 0.341. The molecule has 1 rings (SSSR count). The van der Waals surface area contributed by atoms with Crippen LogP contribution in [-0.4, -0.2) is 12.0 Å². The second kappa shape index (κ2) is 6.43. The maximum absolute atomic E-state index is 10.4. The molecule has 0 aromatic rings. The predicted molar refractivity (Wildman–Crippen MR) is 68.8 cm³/mol. The van der Waals surface area contributed by atoms with E-state index in [2.05, 4.69) is 6.58 Å². The van der Waals surface area contributed by atoms with Crippen LogP contribution >= 0.6 is 0 Å². The summed E-state index contributed by atoms with van der Waals surface area (Å²) in [5, 5.41) is 7.25. The zero-order valence-corrected chi connectivity index (χ0v) is 9.77. The summed E-state index contributed by atoms with van der Waals surface area (Å²) in [7, 11) is 0. The van der Waals surface area contributed by atoms with Crippen LogP contribution in [-0.2, 0) is 9.53 Å². The zero-order chi connectivity index (χ0) is 12.7. The number of nitrogens with one attached hydrogen (secondary N) is 1. The number of hydrogen-bond acceptors (Lipinski definition) is 3. The van der Waals surface area contributed by atoms with E-state index in [0.717, 1.165) is 11.3 Å². The van der Waals surface area contributed by atoms with Gasteiger partial charge in [-0.1, -0.05) is 24.8 Å². The molecule has 0 bridgehead atoms. The van der Waals surface area contributed by atoms with Gasteiger partial charge in [-0.05, 0) is 24.6 Å². The van der Waals surface area contributed by atoms with Crippen LogP contribution in [0, 0.1) is 5.41 Å². The van der Waals surface area contributed by atoms with Gasteiger partial charge < -0.3 is 4.74 Å². The summed E-state index contributed by atoms with van der Waals surface area (Å²) in [5.41, 5.74) is 0.944. The maximum Gasteiger partial charge on any atom is 0.167 e. The van der Waals surface area contributed by atoms with E-state index in [-0.39, 0.29) is 5.71 Å². The van der Waals surface area contributed by atoms with Crippen molar-refractivity contribution in [1.82, 2.24) is 0 Å². The van der Waals surface area contributed by atoms with Crippen LogP contribution in [0.25, 0.3) is 0 Å². The summed E-state index contributed by atoms with van der Waals surface area (Å²) >= 11 is 0. The van der Waals surface area contributed by atoms with Gasteiger partial charge in [-0.3, -0.25) is 10.2 Å². The van der Waals surface area contributed by atoms with Crippen molar-refractivity contribution in [3.8, 4) is 0 Å². The molecular formula is C14H15NO2. The van der Waals surface area contributed by atoms with Crippen molar-refractivity contribution in [2.75, 3.05) is 0 Å². The fourth-order valence-electron chi connectivity index (χ4n) is 1.30. The van der Waals surface area contributed by atoms with Crippen LogP contribution in [0.5, 0.6) is 0 Å². The molecule has 0 heterocycles. The highest BCUT2D eigenvalue weighted by atomic mass is 16.5. The minimum absolute atomic E-state index is 0.142. The first-order chi connectivity index (χ1) is 8.15. The molecule has 0 fully saturated rings. The second-order valence-electron chi connectivity index (χ2n) is 3.58. The van der Waals surface area contributed by atoms with E-state index in [9.17, 15) is 4.79 Å². The number of allylic oxidation sites excluding steroid dienone is 7. The lowest BCUT2D eigenvalue weighted by Crippen LogP contribution is -1.97. The second-order valence-corrected chi connectivity index (χ2v) is 3.58. The average Bonchev–Trinajstić information content (AvgIpc) is 2.52. The first-order valence-electron chi connectivity index (χ1n) is 5.25. The van der Waals surface area contributed by atoms with Gasteiger partial charge in [0.25, 0.3) is 0 Å². The van der Waals surface area contributed by atoms with Crippen molar-refractivity contribution in [3.05, 3.63) is 60.1 Å². The van der Waals surface area contributed by atoms with Gasteiger partial charge in [-0.15, -0.1) is 0 Å². The first-order valence-corrected chi connectivity index (χ1v) is 5.25. The molecule has 0 aromatic carbocycles. The molecule has 0 spiro atoms. The summed E-state index contributed by atoms with van der Waals surface area (Å²) in [6.07, 6.45) is 11.8. The van der Waals surface area contributed by atoms with E-state index in [0.29, 0.717) is 18.5 Å². The number of hydrogen-bond donors (Lipinski definition) is 1. The number of carbonyl (C=O) groups is 1. The molecule has 1 N–H and O–H groups in total. The minimum Gasteiger partial charge on any atom is -0.461 e. The minimum atomic E-state index is -0.142. The van der Waals surface area contributed by atoms with E-state index in [4.69, 9.17) is 10.1 Å². The highest BCUT2D eigenvalue weighted by Gasteiger charge is 2.03. The van der Waals surface area contributed by atoms with Gasteiger partial charge in [0.05, 0.1) is 5.71 Å². The van der Waals surface area contributed by atoms with Crippen molar-refractivity contribution in [1.29, 1.82) is 5.41 Å². The summed E-state index contributed by atoms with van der Waals surface area (Å²) in [6.45, 7) is 5.57. The number of rotatable bonds is 5. The van der Waals surface area contributed by atoms with Crippen LogP contribution in [0.1, 0.15) is 13.3 Å². The Morgan fingerprint density at radius 1 is 1.59 bits per heavy atom. The topological polar surface area (TPSA) is 50.2 Å². The van der Waals surface area contributed by atoms with Gasteiger partial charge in [0.2, 0.25) is 0 Å².